The zero-order valence-corrected chi connectivity index (χ0v) is 15.3. The highest BCUT2D eigenvalue weighted by Gasteiger charge is 2.14. The second-order valence-electron chi connectivity index (χ2n) is 6.61. The predicted octanol–water partition coefficient (Wildman–Crippen LogP) is 3.08. The lowest BCUT2D eigenvalue weighted by Gasteiger charge is -2.13. The number of aliphatic hydroxyl groups excluding tert-OH is 1. The van der Waals surface area contributed by atoms with Crippen molar-refractivity contribution in [3.63, 3.8) is 0 Å². The first-order valence-corrected chi connectivity index (χ1v) is 8.68. The van der Waals surface area contributed by atoms with Crippen LogP contribution in [0, 0.1) is 13.8 Å². The van der Waals surface area contributed by atoms with Crippen LogP contribution in [0.15, 0.2) is 42.5 Å². The minimum atomic E-state index is -0.507. The zero-order valence-electron chi connectivity index (χ0n) is 15.3. The number of aryl methyl sites for hydroxylation is 2. The molecule has 1 amide bonds. The lowest BCUT2D eigenvalue weighted by atomic mass is 10.1. The van der Waals surface area contributed by atoms with Crippen molar-refractivity contribution in [2.24, 2.45) is 0 Å². The first-order valence-electron chi connectivity index (χ1n) is 8.68. The number of carbonyl (C=O) groups excluding carboxylic acids is 1. The van der Waals surface area contributed by atoms with Crippen LogP contribution in [-0.2, 0) is 11.3 Å². The molecule has 26 heavy (non-hydrogen) atoms. The van der Waals surface area contributed by atoms with E-state index in [1.165, 1.54) is 0 Å². The van der Waals surface area contributed by atoms with E-state index in [4.69, 9.17) is 0 Å². The van der Waals surface area contributed by atoms with Crippen LogP contribution in [0.5, 0.6) is 0 Å². The fourth-order valence-corrected chi connectivity index (χ4v) is 2.81. The number of amides is 1. The van der Waals surface area contributed by atoms with Crippen molar-refractivity contribution in [2.75, 3.05) is 17.2 Å². The Bertz CT molecular complexity index is 931. The summed E-state index contributed by atoms with van der Waals surface area (Å²) in [5, 5.41) is 15.6. The molecule has 6 nitrogen and oxygen atoms in total. The first-order chi connectivity index (χ1) is 12.4. The van der Waals surface area contributed by atoms with Crippen LogP contribution < -0.4 is 10.6 Å². The molecule has 1 aromatic heterocycles. The van der Waals surface area contributed by atoms with Gasteiger partial charge in [-0.05, 0) is 50.1 Å². The van der Waals surface area contributed by atoms with Gasteiger partial charge in [0.05, 0.1) is 17.1 Å². The summed E-state index contributed by atoms with van der Waals surface area (Å²) in [6, 6.07) is 13.6. The molecule has 3 N–H and O–H groups in total. The number of hydrogen-bond donors (Lipinski definition) is 3. The van der Waals surface area contributed by atoms with Crippen molar-refractivity contribution in [2.45, 2.75) is 33.4 Å². The molecular weight excluding hydrogens is 328 g/mol. The predicted molar refractivity (Wildman–Crippen MR) is 104 cm³/mol. The second kappa shape index (κ2) is 7.58. The van der Waals surface area contributed by atoms with E-state index < -0.39 is 6.10 Å². The number of hydrogen-bond acceptors (Lipinski definition) is 4. The van der Waals surface area contributed by atoms with Crippen LogP contribution >= 0.6 is 0 Å². The van der Waals surface area contributed by atoms with Gasteiger partial charge >= 0.3 is 0 Å². The van der Waals surface area contributed by atoms with E-state index in [-0.39, 0.29) is 12.5 Å². The molecule has 0 saturated heterocycles. The Morgan fingerprint density at radius 1 is 1.23 bits per heavy atom. The lowest BCUT2D eigenvalue weighted by Crippen LogP contribution is -2.23. The van der Waals surface area contributed by atoms with Crippen LogP contribution in [0.1, 0.15) is 18.1 Å². The molecule has 0 aliphatic carbocycles. The number of aromatic nitrogens is 2. The maximum Gasteiger partial charge on any atom is 0.244 e. The normalized spacial score (nSPS) is 12.2. The maximum absolute atomic E-state index is 12.6. The van der Waals surface area contributed by atoms with E-state index in [0.717, 1.165) is 27.8 Å². The number of benzene rings is 2. The fourth-order valence-electron chi connectivity index (χ4n) is 2.81. The highest BCUT2D eigenvalue weighted by Crippen LogP contribution is 2.21. The quantitative estimate of drug-likeness (QED) is 0.637. The van der Waals surface area contributed by atoms with E-state index >= 15 is 0 Å². The molecule has 3 aromatic rings. The Hall–Kier alpha value is -2.86. The van der Waals surface area contributed by atoms with Gasteiger partial charge in [0, 0.05) is 12.2 Å². The van der Waals surface area contributed by atoms with E-state index in [1.54, 1.807) is 6.92 Å². The summed E-state index contributed by atoms with van der Waals surface area (Å²) in [6.07, 6.45) is -0.507. The Morgan fingerprint density at radius 3 is 2.77 bits per heavy atom. The SMILES string of the molecule is Cc1ccc(C)c(NC(=O)Cn2c(NC[C@@H](C)O)nc3ccccc32)c1. The van der Waals surface area contributed by atoms with Gasteiger partial charge in [0.2, 0.25) is 11.9 Å². The smallest absolute Gasteiger partial charge is 0.244 e. The van der Waals surface area contributed by atoms with Gasteiger partial charge in [0.15, 0.2) is 0 Å². The molecule has 3 rings (SSSR count). The average molecular weight is 352 g/mol. The topological polar surface area (TPSA) is 79.2 Å². The van der Waals surface area contributed by atoms with E-state index in [2.05, 4.69) is 15.6 Å². The minimum Gasteiger partial charge on any atom is -0.392 e. The minimum absolute atomic E-state index is 0.123. The number of fused-ring (bicyclic) bond motifs is 1. The van der Waals surface area contributed by atoms with E-state index in [9.17, 15) is 9.90 Å². The van der Waals surface area contributed by atoms with Crippen molar-refractivity contribution in [1.29, 1.82) is 0 Å². The summed E-state index contributed by atoms with van der Waals surface area (Å²) >= 11 is 0. The number of aliphatic hydroxyl groups is 1. The summed E-state index contributed by atoms with van der Waals surface area (Å²) in [5.41, 5.74) is 4.61. The van der Waals surface area contributed by atoms with Crippen molar-refractivity contribution < 1.29 is 9.90 Å². The highest BCUT2D eigenvalue weighted by molar-refractivity contribution is 5.93. The van der Waals surface area contributed by atoms with Gasteiger partial charge in [-0.1, -0.05) is 24.3 Å². The number of para-hydroxylation sites is 2. The number of carbonyl (C=O) groups is 1. The molecule has 1 heterocycles. The Kier molecular flexibility index (Phi) is 5.23. The summed E-state index contributed by atoms with van der Waals surface area (Å²) < 4.78 is 1.83. The van der Waals surface area contributed by atoms with Gasteiger partial charge in [0.1, 0.15) is 6.54 Å². The Labute approximate surface area is 152 Å². The summed E-state index contributed by atoms with van der Waals surface area (Å²) in [4.78, 5) is 17.2. The number of imidazole rings is 1. The van der Waals surface area contributed by atoms with Crippen LogP contribution in [-0.4, -0.2) is 33.2 Å². The third-order valence-electron chi connectivity index (χ3n) is 4.18. The molecule has 0 radical (unpaired) electrons. The molecule has 0 fully saturated rings. The number of nitrogens with zero attached hydrogens (tertiary/aromatic N) is 2. The van der Waals surface area contributed by atoms with Gasteiger partial charge in [0.25, 0.3) is 0 Å². The van der Waals surface area contributed by atoms with Gasteiger partial charge in [-0.25, -0.2) is 4.98 Å². The lowest BCUT2D eigenvalue weighted by molar-refractivity contribution is -0.116. The van der Waals surface area contributed by atoms with Gasteiger partial charge in [-0.2, -0.15) is 0 Å². The molecule has 0 aliphatic rings. The van der Waals surface area contributed by atoms with E-state index in [0.29, 0.717) is 12.5 Å². The monoisotopic (exact) mass is 352 g/mol. The third-order valence-corrected chi connectivity index (χ3v) is 4.18. The second-order valence-corrected chi connectivity index (χ2v) is 6.61. The van der Waals surface area contributed by atoms with Crippen LogP contribution in [0.2, 0.25) is 0 Å². The number of rotatable bonds is 6. The van der Waals surface area contributed by atoms with Crippen molar-refractivity contribution in [1.82, 2.24) is 9.55 Å². The average Bonchev–Trinajstić information content (AvgIpc) is 2.94. The molecule has 2 aromatic carbocycles. The third kappa shape index (κ3) is 4.03. The van der Waals surface area contributed by atoms with E-state index in [1.807, 2.05) is 60.9 Å². The first kappa shape index (κ1) is 17.9. The standard InChI is InChI=1S/C20H24N4O2/c1-13-8-9-14(2)17(10-13)22-19(26)12-24-18-7-5-4-6-16(18)23-20(24)21-11-15(3)25/h4-10,15,25H,11-12H2,1-3H3,(H,21,23)(H,22,26)/t15-/m1/s1. The molecule has 0 spiro atoms. The zero-order chi connectivity index (χ0) is 18.7. The maximum atomic E-state index is 12.6. The van der Waals surface area contributed by atoms with Gasteiger partial charge < -0.3 is 20.3 Å². The highest BCUT2D eigenvalue weighted by atomic mass is 16.3. The summed E-state index contributed by atoms with van der Waals surface area (Å²) in [5.74, 6) is 0.449. The summed E-state index contributed by atoms with van der Waals surface area (Å²) in [6.45, 7) is 6.17. The van der Waals surface area contributed by atoms with Crippen molar-refractivity contribution in [3.8, 4) is 0 Å². The van der Waals surface area contributed by atoms with Crippen LogP contribution in [0.4, 0.5) is 11.6 Å². The molecule has 0 unspecified atom stereocenters. The van der Waals surface area contributed by atoms with Crippen molar-refractivity contribution in [3.05, 3.63) is 53.6 Å². The molecule has 0 aliphatic heterocycles. The summed E-state index contributed by atoms with van der Waals surface area (Å²) in [7, 11) is 0. The number of anilines is 2. The molecule has 0 saturated carbocycles. The molecule has 0 bridgehead atoms. The van der Waals surface area contributed by atoms with Crippen LogP contribution in [0.3, 0.4) is 0 Å². The molecular formula is C20H24N4O2. The van der Waals surface area contributed by atoms with Gasteiger partial charge in [-0.3, -0.25) is 4.79 Å². The van der Waals surface area contributed by atoms with Gasteiger partial charge in [-0.15, -0.1) is 0 Å². The molecule has 6 heteroatoms. The largest absolute Gasteiger partial charge is 0.392 e. The fraction of sp³-hybridized carbons (Fsp3) is 0.300. The molecule has 1 atom stereocenters. The Morgan fingerprint density at radius 2 is 2.00 bits per heavy atom. The van der Waals surface area contributed by atoms with Crippen molar-refractivity contribution >= 4 is 28.6 Å². The van der Waals surface area contributed by atoms with Crippen LogP contribution in [0.25, 0.3) is 11.0 Å². The Balaban J connectivity index is 1.85. The number of nitrogens with one attached hydrogen (secondary N) is 2. The molecule has 136 valence electrons.